The number of rotatable bonds is 4. The Hall–Kier alpha value is -0.890. The van der Waals surface area contributed by atoms with E-state index in [1.807, 2.05) is 12.1 Å². The predicted molar refractivity (Wildman–Crippen MR) is 76.7 cm³/mol. The molecule has 1 N–H and O–H groups in total. The third kappa shape index (κ3) is 3.17. The fourth-order valence-electron chi connectivity index (χ4n) is 3.57. The van der Waals surface area contributed by atoms with Crippen molar-refractivity contribution in [2.45, 2.75) is 56.9 Å². The molecule has 3 rings (SSSR count). The lowest BCUT2D eigenvalue weighted by Crippen LogP contribution is -2.42. The summed E-state index contributed by atoms with van der Waals surface area (Å²) in [5, 5.41) is 3.69. The number of halogens is 1. The van der Waals surface area contributed by atoms with Crippen molar-refractivity contribution in [3.63, 3.8) is 0 Å². The van der Waals surface area contributed by atoms with Crippen LogP contribution in [0.5, 0.6) is 0 Å². The third-order valence-corrected chi connectivity index (χ3v) is 4.90. The Morgan fingerprint density at radius 3 is 2.53 bits per heavy atom. The van der Waals surface area contributed by atoms with E-state index in [0.29, 0.717) is 12.0 Å². The van der Waals surface area contributed by atoms with E-state index in [2.05, 4.69) is 5.32 Å². The molecule has 19 heavy (non-hydrogen) atoms. The molecular weight excluding hydrogens is 237 g/mol. The average Bonchev–Trinajstić information content (AvgIpc) is 2.40. The van der Waals surface area contributed by atoms with Gasteiger partial charge in [0.25, 0.3) is 0 Å². The molecule has 2 heteroatoms. The van der Waals surface area contributed by atoms with Crippen molar-refractivity contribution in [3.8, 4) is 0 Å². The van der Waals surface area contributed by atoms with E-state index in [1.165, 1.54) is 38.6 Å². The lowest BCUT2D eigenvalue weighted by molar-refractivity contribution is 0.252. The molecule has 0 spiro atoms. The SMILES string of the molecule is Fc1ccccc1C1CC(NCC2CCCCC2)C1. The van der Waals surface area contributed by atoms with Gasteiger partial charge in [-0.05, 0) is 55.7 Å². The first kappa shape index (κ1) is 13.1. The standard InChI is InChI=1S/C17H24FN/c18-17-9-5-4-8-16(17)14-10-15(11-14)19-12-13-6-2-1-3-7-13/h4-5,8-9,13-15,19H,1-3,6-7,10-12H2. The Kier molecular flexibility index (Phi) is 4.17. The van der Waals surface area contributed by atoms with Gasteiger partial charge in [-0.25, -0.2) is 4.39 Å². The summed E-state index contributed by atoms with van der Waals surface area (Å²) >= 11 is 0. The molecule has 0 aliphatic heterocycles. The zero-order chi connectivity index (χ0) is 13.1. The van der Waals surface area contributed by atoms with Gasteiger partial charge in [0.2, 0.25) is 0 Å². The smallest absolute Gasteiger partial charge is 0.126 e. The number of benzene rings is 1. The van der Waals surface area contributed by atoms with Gasteiger partial charge >= 0.3 is 0 Å². The molecule has 1 nitrogen and oxygen atoms in total. The topological polar surface area (TPSA) is 12.0 Å². The van der Waals surface area contributed by atoms with Crippen LogP contribution in [0.2, 0.25) is 0 Å². The molecular formula is C17H24FN. The molecule has 0 amide bonds. The highest BCUT2D eigenvalue weighted by molar-refractivity contribution is 5.24. The van der Waals surface area contributed by atoms with E-state index < -0.39 is 0 Å². The molecule has 0 saturated heterocycles. The molecule has 0 aromatic heterocycles. The van der Waals surface area contributed by atoms with Gasteiger partial charge < -0.3 is 5.32 Å². The largest absolute Gasteiger partial charge is 0.314 e. The van der Waals surface area contributed by atoms with Gasteiger partial charge in [-0.3, -0.25) is 0 Å². The number of hydrogen-bond acceptors (Lipinski definition) is 1. The van der Waals surface area contributed by atoms with Gasteiger partial charge in [-0.1, -0.05) is 37.5 Å². The Morgan fingerprint density at radius 1 is 1.05 bits per heavy atom. The lowest BCUT2D eigenvalue weighted by Gasteiger charge is -2.37. The van der Waals surface area contributed by atoms with Crippen LogP contribution in [-0.2, 0) is 0 Å². The molecule has 2 aliphatic carbocycles. The Morgan fingerprint density at radius 2 is 1.79 bits per heavy atom. The zero-order valence-electron chi connectivity index (χ0n) is 11.6. The van der Waals surface area contributed by atoms with Gasteiger partial charge in [0.15, 0.2) is 0 Å². The summed E-state index contributed by atoms with van der Waals surface area (Å²) in [6.07, 6.45) is 9.26. The van der Waals surface area contributed by atoms with Crippen LogP contribution in [0.4, 0.5) is 4.39 Å². The first-order valence-corrected chi connectivity index (χ1v) is 7.80. The highest BCUT2D eigenvalue weighted by Gasteiger charge is 2.31. The maximum absolute atomic E-state index is 13.6. The Balaban J connectivity index is 1.42. The molecule has 0 bridgehead atoms. The monoisotopic (exact) mass is 261 g/mol. The van der Waals surface area contributed by atoms with Crippen molar-refractivity contribution in [1.29, 1.82) is 0 Å². The highest BCUT2D eigenvalue weighted by atomic mass is 19.1. The second kappa shape index (κ2) is 6.04. The normalized spacial score (nSPS) is 28.1. The molecule has 1 aromatic carbocycles. The molecule has 0 heterocycles. The number of hydrogen-bond donors (Lipinski definition) is 1. The van der Waals surface area contributed by atoms with E-state index in [4.69, 9.17) is 0 Å². The van der Waals surface area contributed by atoms with Crippen LogP contribution in [-0.4, -0.2) is 12.6 Å². The minimum Gasteiger partial charge on any atom is -0.314 e. The van der Waals surface area contributed by atoms with Crippen molar-refractivity contribution in [1.82, 2.24) is 5.32 Å². The van der Waals surface area contributed by atoms with Gasteiger partial charge in [0.05, 0.1) is 0 Å². The first-order valence-electron chi connectivity index (χ1n) is 7.80. The van der Waals surface area contributed by atoms with Crippen molar-refractivity contribution >= 4 is 0 Å². The van der Waals surface area contributed by atoms with Crippen molar-refractivity contribution in [3.05, 3.63) is 35.6 Å². The van der Waals surface area contributed by atoms with E-state index >= 15 is 0 Å². The first-order chi connectivity index (χ1) is 9.33. The van der Waals surface area contributed by atoms with E-state index in [-0.39, 0.29) is 5.82 Å². The summed E-state index contributed by atoms with van der Waals surface area (Å²) in [5.74, 6) is 1.30. The zero-order valence-corrected chi connectivity index (χ0v) is 11.6. The summed E-state index contributed by atoms with van der Waals surface area (Å²) in [6, 6.07) is 7.86. The molecule has 2 aliphatic rings. The van der Waals surface area contributed by atoms with Crippen LogP contribution in [0.3, 0.4) is 0 Å². The van der Waals surface area contributed by atoms with Crippen LogP contribution in [0, 0.1) is 11.7 Å². The van der Waals surface area contributed by atoms with E-state index in [9.17, 15) is 4.39 Å². The lowest BCUT2D eigenvalue weighted by atomic mass is 9.75. The maximum Gasteiger partial charge on any atom is 0.126 e. The van der Waals surface area contributed by atoms with Crippen molar-refractivity contribution in [2.24, 2.45) is 5.92 Å². The average molecular weight is 261 g/mol. The summed E-state index contributed by atoms with van der Waals surface area (Å²) < 4.78 is 13.6. The van der Waals surface area contributed by atoms with Crippen molar-refractivity contribution in [2.75, 3.05) is 6.54 Å². The van der Waals surface area contributed by atoms with Crippen LogP contribution in [0.1, 0.15) is 56.4 Å². The van der Waals surface area contributed by atoms with Gasteiger partial charge in [0, 0.05) is 6.04 Å². The molecule has 0 atom stereocenters. The summed E-state index contributed by atoms with van der Waals surface area (Å²) in [4.78, 5) is 0. The Bertz CT molecular complexity index is 405. The quantitative estimate of drug-likeness (QED) is 0.854. The molecule has 2 saturated carbocycles. The fraction of sp³-hybridized carbons (Fsp3) is 0.647. The van der Waals surface area contributed by atoms with Gasteiger partial charge in [-0.2, -0.15) is 0 Å². The van der Waals surface area contributed by atoms with Crippen LogP contribution in [0.25, 0.3) is 0 Å². The maximum atomic E-state index is 13.6. The predicted octanol–water partition coefficient (Wildman–Crippen LogP) is 4.24. The van der Waals surface area contributed by atoms with Gasteiger partial charge in [0.1, 0.15) is 5.82 Å². The van der Waals surface area contributed by atoms with E-state index in [0.717, 1.165) is 24.3 Å². The minimum atomic E-state index is -0.0294. The highest BCUT2D eigenvalue weighted by Crippen LogP contribution is 2.38. The second-order valence-electron chi connectivity index (χ2n) is 6.30. The van der Waals surface area contributed by atoms with Crippen LogP contribution >= 0.6 is 0 Å². The molecule has 2 fully saturated rings. The molecule has 0 unspecified atom stereocenters. The molecule has 104 valence electrons. The summed E-state index contributed by atoms with van der Waals surface area (Å²) in [6.45, 7) is 1.18. The van der Waals surface area contributed by atoms with Crippen LogP contribution < -0.4 is 5.32 Å². The van der Waals surface area contributed by atoms with Crippen molar-refractivity contribution < 1.29 is 4.39 Å². The molecule has 1 aromatic rings. The third-order valence-electron chi connectivity index (χ3n) is 4.90. The van der Waals surface area contributed by atoms with Crippen LogP contribution in [0.15, 0.2) is 24.3 Å². The number of nitrogens with one attached hydrogen (secondary N) is 1. The Labute approximate surface area is 115 Å². The summed E-state index contributed by atoms with van der Waals surface area (Å²) in [7, 11) is 0. The second-order valence-corrected chi connectivity index (χ2v) is 6.30. The van der Waals surface area contributed by atoms with Gasteiger partial charge in [-0.15, -0.1) is 0 Å². The summed E-state index contributed by atoms with van der Waals surface area (Å²) in [5.41, 5.74) is 0.915. The van der Waals surface area contributed by atoms with E-state index in [1.54, 1.807) is 12.1 Å². The minimum absolute atomic E-state index is 0.0294. The molecule has 0 radical (unpaired) electrons. The fourth-order valence-corrected chi connectivity index (χ4v) is 3.57.